The van der Waals surface area contributed by atoms with Crippen molar-refractivity contribution < 1.29 is 32.7 Å². The molecule has 0 radical (unpaired) electrons. The van der Waals surface area contributed by atoms with Gasteiger partial charge in [0.15, 0.2) is 6.04 Å². The molecule has 0 aromatic heterocycles. The molecule has 1 heterocycles. The Morgan fingerprint density at radius 3 is 2.48 bits per heavy atom. The lowest BCUT2D eigenvalue weighted by Gasteiger charge is -2.44. The minimum Gasteiger partial charge on any atom is -0.480 e. The first-order chi connectivity index (χ1) is 14.6. The number of carboxylic acids is 1. The number of carboxylic acid groups (broad SMARTS) is 1. The van der Waals surface area contributed by atoms with Crippen molar-refractivity contribution in [3.8, 4) is 0 Å². The fraction of sp³-hybridized carbons (Fsp3) is 0.591. The molecule has 1 saturated carbocycles. The number of halogens is 3. The maximum absolute atomic E-state index is 13.6. The van der Waals surface area contributed by atoms with E-state index in [1.165, 1.54) is 0 Å². The van der Waals surface area contributed by atoms with Crippen molar-refractivity contribution in [3.63, 3.8) is 0 Å². The first kappa shape index (κ1) is 23.1. The van der Waals surface area contributed by atoms with E-state index in [9.17, 15) is 32.7 Å². The molecule has 2 aliphatic rings. The number of nitrogens with one attached hydrogen (secondary N) is 1. The number of urea groups is 1. The molecule has 1 aromatic carbocycles. The van der Waals surface area contributed by atoms with Crippen LogP contribution in [0.2, 0.25) is 0 Å². The van der Waals surface area contributed by atoms with E-state index in [1.54, 1.807) is 0 Å². The largest absolute Gasteiger partial charge is 0.480 e. The Kier molecular flexibility index (Phi) is 6.91. The third-order valence-corrected chi connectivity index (χ3v) is 6.27. The van der Waals surface area contributed by atoms with Gasteiger partial charge in [0.05, 0.1) is 5.92 Å². The van der Waals surface area contributed by atoms with Crippen LogP contribution >= 0.6 is 0 Å². The van der Waals surface area contributed by atoms with Gasteiger partial charge in [-0.2, -0.15) is 13.2 Å². The molecule has 1 aliphatic heterocycles. The molecule has 3 amide bonds. The molecule has 6 nitrogen and oxygen atoms in total. The summed E-state index contributed by atoms with van der Waals surface area (Å²) in [5, 5.41) is 11.5. The van der Waals surface area contributed by atoms with Gasteiger partial charge in [-0.25, -0.2) is 14.5 Å². The highest BCUT2D eigenvalue weighted by Gasteiger charge is 2.56. The van der Waals surface area contributed by atoms with Crippen LogP contribution in [0.3, 0.4) is 0 Å². The highest BCUT2D eigenvalue weighted by atomic mass is 19.4. The summed E-state index contributed by atoms with van der Waals surface area (Å²) < 4.78 is 40.8. The number of carbonyl (C=O) groups excluding carboxylic acids is 2. The number of amides is 3. The number of hydrogen-bond donors (Lipinski definition) is 2. The number of imide groups is 1. The summed E-state index contributed by atoms with van der Waals surface area (Å²) in [7, 11) is 0. The van der Waals surface area contributed by atoms with Gasteiger partial charge in [0.2, 0.25) is 5.91 Å². The molecule has 3 atom stereocenters. The molecule has 2 fully saturated rings. The molecular weight excluding hydrogens is 413 g/mol. The number of nitrogens with zero attached hydrogens (tertiary/aromatic N) is 1. The van der Waals surface area contributed by atoms with Gasteiger partial charge in [0.1, 0.15) is 6.04 Å². The minimum absolute atomic E-state index is 0.203. The normalized spacial score (nSPS) is 23.2. The van der Waals surface area contributed by atoms with Gasteiger partial charge < -0.3 is 10.4 Å². The summed E-state index contributed by atoms with van der Waals surface area (Å²) in [6, 6.07) is 2.71. The van der Waals surface area contributed by atoms with Gasteiger partial charge in [-0.1, -0.05) is 49.1 Å². The highest BCUT2D eigenvalue weighted by Crippen LogP contribution is 2.36. The molecule has 3 rings (SSSR count). The third kappa shape index (κ3) is 5.19. The molecule has 0 bridgehead atoms. The van der Waals surface area contributed by atoms with Crippen molar-refractivity contribution in [2.45, 2.75) is 70.1 Å². The van der Waals surface area contributed by atoms with E-state index in [4.69, 9.17) is 0 Å². The number of hydrogen-bond acceptors (Lipinski definition) is 3. The zero-order chi connectivity index (χ0) is 22.8. The van der Waals surface area contributed by atoms with Gasteiger partial charge in [-0.15, -0.1) is 0 Å². The van der Waals surface area contributed by atoms with E-state index in [1.807, 2.05) is 36.5 Å². The van der Waals surface area contributed by atoms with E-state index >= 15 is 0 Å². The second kappa shape index (κ2) is 9.28. The molecule has 1 aromatic rings. The van der Waals surface area contributed by atoms with Gasteiger partial charge in [0.25, 0.3) is 0 Å². The molecule has 3 unspecified atom stereocenters. The lowest BCUT2D eigenvalue weighted by Crippen LogP contribution is -2.69. The Hall–Kier alpha value is -2.58. The Morgan fingerprint density at radius 1 is 1.23 bits per heavy atom. The lowest BCUT2D eigenvalue weighted by atomic mass is 9.82. The SMILES string of the molecule is Cc1cccc(CCC2C(=O)N(C(=O)NC(C3CCCCC3)C(F)(F)F)C2C(=O)O)c1. The summed E-state index contributed by atoms with van der Waals surface area (Å²) >= 11 is 0. The number of rotatable bonds is 6. The maximum atomic E-state index is 13.6. The van der Waals surface area contributed by atoms with E-state index < -0.39 is 48.0 Å². The van der Waals surface area contributed by atoms with E-state index in [2.05, 4.69) is 0 Å². The maximum Gasteiger partial charge on any atom is 0.408 e. The second-order valence-corrected chi connectivity index (χ2v) is 8.49. The minimum atomic E-state index is -4.67. The second-order valence-electron chi connectivity index (χ2n) is 8.49. The first-order valence-corrected chi connectivity index (χ1v) is 10.6. The average molecular weight is 440 g/mol. The predicted molar refractivity (Wildman–Crippen MR) is 106 cm³/mol. The first-order valence-electron chi connectivity index (χ1n) is 10.6. The number of aryl methyl sites for hydroxylation is 2. The van der Waals surface area contributed by atoms with E-state index in [0.29, 0.717) is 37.0 Å². The van der Waals surface area contributed by atoms with Crippen molar-refractivity contribution in [1.29, 1.82) is 0 Å². The summed E-state index contributed by atoms with van der Waals surface area (Å²) in [6.07, 6.45) is -1.22. The summed E-state index contributed by atoms with van der Waals surface area (Å²) in [4.78, 5) is 37.2. The molecular formula is C22H27F3N2O4. The van der Waals surface area contributed by atoms with Gasteiger partial charge in [-0.3, -0.25) is 4.79 Å². The van der Waals surface area contributed by atoms with Crippen molar-refractivity contribution in [3.05, 3.63) is 35.4 Å². The van der Waals surface area contributed by atoms with Crippen LogP contribution in [-0.4, -0.2) is 46.2 Å². The van der Waals surface area contributed by atoms with Crippen LogP contribution in [0.15, 0.2) is 24.3 Å². The number of likely N-dealkylation sites (tertiary alicyclic amines) is 1. The Balaban J connectivity index is 1.68. The monoisotopic (exact) mass is 440 g/mol. The standard InChI is InChI=1S/C22H27F3N2O4/c1-13-6-5-7-14(12-13)10-11-16-17(20(29)30)27(19(16)28)21(31)26-18(22(23,24)25)15-8-3-2-4-9-15/h5-7,12,15-18H,2-4,8-11H2,1H3,(H,26,31)(H,29,30). The number of alkyl halides is 3. The quantitative estimate of drug-likeness (QED) is 0.653. The summed E-state index contributed by atoms with van der Waals surface area (Å²) in [5.74, 6) is -3.86. The van der Waals surface area contributed by atoms with Gasteiger partial charge >= 0.3 is 18.2 Å². The molecule has 2 N–H and O–H groups in total. The average Bonchev–Trinajstić information content (AvgIpc) is 2.69. The molecule has 0 spiro atoms. The van der Waals surface area contributed by atoms with Crippen LogP contribution in [0.5, 0.6) is 0 Å². The lowest BCUT2D eigenvalue weighted by molar-refractivity contribution is -0.173. The predicted octanol–water partition coefficient (Wildman–Crippen LogP) is 4.06. The number of carbonyl (C=O) groups is 3. The Labute approximate surface area is 178 Å². The van der Waals surface area contributed by atoms with Crippen molar-refractivity contribution in [1.82, 2.24) is 10.2 Å². The van der Waals surface area contributed by atoms with E-state index in [0.717, 1.165) is 17.5 Å². The van der Waals surface area contributed by atoms with Crippen LogP contribution in [0, 0.1) is 18.8 Å². The zero-order valence-electron chi connectivity index (χ0n) is 17.3. The van der Waals surface area contributed by atoms with Crippen molar-refractivity contribution in [2.24, 2.45) is 11.8 Å². The number of β-lactam (4-membered cyclic amide) rings is 1. The van der Waals surface area contributed by atoms with Crippen LogP contribution in [-0.2, 0) is 16.0 Å². The molecule has 31 heavy (non-hydrogen) atoms. The fourth-order valence-electron chi connectivity index (χ4n) is 4.67. The third-order valence-electron chi connectivity index (χ3n) is 6.27. The zero-order valence-corrected chi connectivity index (χ0v) is 17.3. The number of aliphatic carboxylic acids is 1. The van der Waals surface area contributed by atoms with Crippen LogP contribution in [0.1, 0.15) is 49.7 Å². The Morgan fingerprint density at radius 2 is 1.90 bits per heavy atom. The van der Waals surface area contributed by atoms with Crippen LogP contribution < -0.4 is 5.32 Å². The molecule has 9 heteroatoms. The fourth-order valence-corrected chi connectivity index (χ4v) is 4.67. The summed E-state index contributed by atoms with van der Waals surface area (Å²) in [5.41, 5.74) is 1.95. The highest BCUT2D eigenvalue weighted by molar-refractivity contribution is 6.07. The van der Waals surface area contributed by atoms with Crippen LogP contribution in [0.4, 0.5) is 18.0 Å². The molecule has 1 aliphatic carbocycles. The van der Waals surface area contributed by atoms with Gasteiger partial charge in [-0.05, 0) is 44.1 Å². The number of benzene rings is 1. The van der Waals surface area contributed by atoms with Crippen molar-refractivity contribution in [2.75, 3.05) is 0 Å². The van der Waals surface area contributed by atoms with E-state index in [-0.39, 0.29) is 6.42 Å². The van der Waals surface area contributed by atoms with Crippen LogP contribution in [0.25, 0.3) is 0 Å². The summed E-state index contributed by atoms with van der Waals surface area (Å²) in [6.45, 7) is 1.91. The van der Waals surface area contributed by atoms with Gasteiger partial charge in [0, 0.05) is 0 Å². The Bertz CT molecular complexity index is 836. The van der Waals surface area contributed by atoms with Crippen molar-refractivity contribution >= 4 is 17.9 Å². The topological polar surface area (TPSA) is 86.7 Å². The molecule has 1 saturated heterocycles. The molecule has 170 valence electrons. The smallest absolute Gasteiger partial charge is 0.408 e.